The van der Waals surface area contributed by atoms with Crippen LogP contribution in [0.1, 0.15) is 35.9 Å². The van der Waals surface area contributed by atoms with E-state index in [0.29, 0.717) is 35.4 Å². The van der Waals surface area contributed by atoms with Crippen LogP contribution in [0.4, 0.5) is 0 Å². The van der Waals surface area contributed by atoms with E-state index in [1.165, 1.54) is 6.08 Å². The van der Waals surface area contributed by atoms with Gasteiger partial charge in [-0.15, -0.1) is 13.2 Å². The van der Waals surface area contributed by atoms with Crippen molar-refractivity contribution in [1.29, 1.82) is 0 Å². The Morgan fingerprint density at radius 1 is 0.844 bits per heavy atom. The van der Waals surface area contributed by atoms with E-state index < -0.39 is 41.7 Å². The first-order valence-electron chi connectivity index (χ1n) is 14.9. The molecule has 0 aliphatic rings. The molecule has 0 bridgehead atoms. The van der Waals surface area contributed by atoms with Crippen LogP contribution in [0.25, 0.3) is 11.1 Å². The molecule has 0 fully saturated rings. The predicted molar refractivity (Wildman–Crippen MR) is 172 cm³/mol. The van der Waals surface area contributed by atoms with Gasteiger partial charge in [-0.05, 0) is 42.5 Å². The van der Waals surface area contributed by atoms with E-state index in [1.807, 2.05) is 60.7 Å². The molecule has 0 radical (unpaired) electrons. The van der Waals surface area contributed by atoms with Crippen LogP contribution in [0, 0.1) is 11.8 Å². The summed E-state index contributed by atoms with van der Waals surface area (Å²) < 4.78 is 11.6. The summed E-state index contributed by atoms with van der Waals surface area (Å²) in [4.78, 5) is 44.6. The number of allylic oxidation sites excluding steroid dienone is 2. The molecule has 9 heteroatoms. The van der Waals surface area contributed by atoms with Crippen LogP contribution in [0.15, 0.2) is 115 Å². The van der Waals surface area contributed by atoms with Crippen molar-refractivity contribution in [1.82, 2.24) is 15.6 Å². The SMILES string of the molecule is C=CCC(C(=O)N[C@H](COC(=O)[C@H](CC=C)Cc1nc2ccccc2o1)Cc1ccccc1)C(=O)N[C@@H](CO)c1ccccc1. The van der Waals surface area contributed by atoms with Gasteiger partial charge < -0.3 is 24.9 Å². The molecule has 1 aromatic heterocycles. The molecule has 3 N–H and O–H groups in total. The normalized spacial score (nSPS) is 13.6. The first kappa shape index (κ1) is 32.9. The predicted octanol–water partition coefficient (Wildman–Crippen LogP) is 4.88. The number of ether oxygens (including phenoxy) is 1. The van der Waals surface area contributed by atoms with E-state index in [2.05, 4.69) is 28.8 Å². The van der Waals surface area contributed by atoms with Gasteiger partial charge in [-0.3, -0.25) is 14.4 Å². The number of fused-ring (bicyclic) bond motifs is 1. The fourth-order valence-electron chi connectivity index (χ4n) is 5.03. The molecule has 0 aliphatic heterocycles. The highest BCUT2D eigenvalue weighted by Gasteiger charge is 2.30. The number of esters is 1. The van der Waals surface area contributed by atoms with Gasteiger partial charge in [0.15, 0.2) is 11.5 Å². The maximum Gasteiger partial charge on any atom is 0.309 e. The Kier molecular flexibility index (Phi) is 12.2. The van der Waals surface area contributed by atoms with Gasteiger partial charge >= 0.3 is 5.97 Å². The van der Waals surface area contributed by atoms with Crippen LogP contribution in [-0.2, 0) is 32.0 Å². The quantitative estimate of drug-likeness (QED) is 0.0884. The number of rotatable bonds is 17. The molecule has 1 unspecified atom stereocenters. The number of oxazole rings is 1. The molecule has 4 atom stereocenters. The summed E-state index contributed by atoms with van der Waals surface area (Å²) in [6.07, 6.45) is 4.16. The highest BCUT2D eigenvalue weighted by Crippen LogP contribution is 2.20. The monoisotopic (exact) mass is 609 g/mol. The number of hydrogen-bond acceptors (Lipinski definition) is 7. The van der Waals surface area contributed by atoms with Crippen molar-refractivity contribution in [3.05, 3.63) is 127 Å². The molecular weight excluding hydrogens is 570 g/mol. The first-order chi connectivity index (χ1) is 21.9. The number of nitrogens with one attached hydrogen (secondary N) is 2. The molecule has 0 spiro atoms. The number of para-hydroxylation sites is 2. The number of carbonyl (C=O) groups is 3. The van der Waals surface area contributed by atoms with Crippen LogP contribution in [0.5, 0.6) is 0 Å². The number of aliphatic hydroxyl groups is 1. The van der Waals surface area contributed by atoms with E-state index >= 15 is 0 Å². The van der Waals surface area contributed by atoms with Crippen molar-refractivity contribution >= 4 is 28.9 Å². The molecule has 4 rings (SSSR count). The smallest absolute Gasteiger partial charge is 0.309 e. The zero-order valence-corrected chi connectivity index (χ0v) is 25.1. The van der Waals surface area contributed by atoms with Gasteiger partial charge in [0.25, 0.3) is 0 Å². The first-order valence-corrected chi connectivity index (χ1v) is 14.9. The fraction of sp³-hybridized carbons (Fsp3) is 0.278. The van der Waals surface area contributed by atoms with Crippen LogP contribution in [-0.4, -0.2) is 47.1 Å². The number of benzene rings is 3. The lowest BCUT2D eigenvalue weighted by molar-refractivity contribution is -0.150. The molecule has 9 nitrogen and oxygen atoms in total. The van der Waals surface area contributed by atoms with E-state index in [-0.39, 0.29) is 26.1 Å². The van der Waals surface area contributed by atoms with Gasteiger partial charge in [0.05, 0.1) is 24.6 Å². The Morgan fingerprint density at radius 2 is 1.49 bits per heavy atom. The zero-order valence-electron chi connectivity index (χ0n) is 25.1. The molecule has 45 heavy (non-hydrogen) atoms. The number of hydrogen-bond donors (Lipinski definition) is 3. The maximum absolute atomic E-state index is 13.5. The standard InChI is InChI=1S/C36H39N3O6/c1-3-13-27(22-33-38-30-19-11-12-20-32(30)45-33)36(43)44-24-28(21-25-15-7-5-8-16-25)37-34(41)29(14-4-2)35(42)39-31(23-40)26-17-9-6-10-18-26/h3-12,15-20,27-29,31,40H,1-2,13-14,21-24H2,(H,37,41)(H,39,42)/t27-,28+,29?,31+/m1/s1. The van der Waals surface area contributed by atoms with Gasteiger partial charge in [-0.1, -0.05) is 84.9 Å². The Morgan fingerprint density at radius 3 is 2.16 bits per heavy atom. The minimum atomic E-state index is -1.11. The lowest BCUT2D eigenvalue weighted by Crippen LogP contribution is -2.48. The van der Waals surface area contributed by atoms with Gasteiger partial charge in [-0.25, -0.2) is 4.98 Å². The molecular formula is C36H39N3O6. The Balaban J connectivity index is 1.45. The third kappa shape index (κ3) is 9.48. The van der Waals surface area contributed by atoms with Gasteiger partial charge in [-0.2, -0.15) is 0 Å². The average molecular weight is 610 g/mol. The molecule has 234 valence electrons. The summed E-state index contributed by atoms with van der Waals surface area (Å²) in [7, 11) is 0. The summed E-state index contributed by atoms with van der Waals surface area (Å²) >= 11 is 0. The number of nitrogens with zero attached hydrogens (tertiary/aromatic N) is 1. The van der Waals surface area contributed by atoms with Crippen LogP contribution >= 0.6 is 0 Å². The molecule has 1 heterocycles. The highest BCUT2D eigenvalue weighted by atomic mass is 16.5. The average Bonchev–Trinajstić information content (AvgIpc) is 3.48. The summed E-state index contributed by atoms with van der Waals surface area (Å²) in [5.41, 5.74) is 2.97. The van der Waals surface area contributed by atoms with Crippen molar-refractivity contribution in [3.8, 4) is 0 Å². The Hall–Kier alpha value is -5.02. The van der Waals surface area contributed by atoms with Crippen molar-refractivity contribution in [3.63, 3.8) is 0 Å². The highest BCUT2D eigenvalue weighted by molar-refractivity contribution is 6.00. The Bertz CT molecular complexity index is 1540. The molecule has 0 saturated heterocycles. The van der Waals surface area contributed by atoms with E-state index in [4.69, 9.17) is 9.15 Å². The number of aromatic nitrogens is 1. The summed E-state index contributed by atoms with van der Waals surface area (Å²) in [5, 5.41) is 15.6. The van der Waals surface area contributed by atoms with Crippen molar-refractivity contribution in [2.45, 2.75) is 37.8 Å². The lowest BCUT2D eigenvalue weighted by Gasteiger charge is -2.24. The van der Waals surface area contributed by atoms with Crippen molar-refractivity contribution < 1.29 is 28.6 Å². The fourth-order valence-corrected chi connectivity index (χ4v) is 5.03. The maximum atomic E-state index is 13.5. The second-order valence-electron chi connectivity index (χ2n) is 10.8. The molecule has 3 aromatic carbocycles. The Labute approximate surface area is 263 Å². The van der Waals surface area contributed by atoms with Gasteiger partial charge in [0, 0.05) is 6.42 Å². The largest absolute Gasteiger partial charge is 0.463 e. The molecule has 2 amide bonds. The third-order valence-electron chi connectivity index (χ3n) is 7.38. The van der Waals surface area contributed by atoms with Gasteiger partial charge in [0.1, 0.15) is 18.0 Å². The summed E-state index contributed by atoms with van der Waals surface area (Å²) in [6, 6.07) is 24.6. The molecule has 0 saturated carbocycles. The lowest BCUT2D eigenvalue weighted by atomic mass is 9.99. The minimum absolute atomic E-state index is 0.0777. The summed E-state index contributed by atoms with van der Waals surface area (Å²) in [6.45, 7) is 7.04. The van der Waals surface area contributed by atoms with Crippen LogP contribution in [0.3, 0.4) is 0 Å². The summed E-state index contributed by atoms with van der Waals surface area (Å²) in [5.74, 6) is -2.83. The topological polar surface area (TPSA) is 131 Å². The minimum Gasteiger partial charge on any atom is -0.463 e. The number of aliphatic hydroxyl groups excluding tert-OH is 1. The van der Waals surface area contributed by atoms with Crippen molar-refractivity contribution in [2.75, 3.05) is 13.2 Å². The van der Waals surface area contributed by atoms with Crippen LogP contribution < -0.4 is 10.6 Å². The second kappa shape index (κ2) is 16.7. The molecule has 4 aromatic rings. The van der Waals surface area contributed by atoms with E-state index in [1.54, 1.807) is 30.3 Å². The number of amides is 2. The molecule has 0 aliphatic carbocycles. The van der Waals surface area contributed by atoms with Gasteiger partial charge in [0.2, 0.25) is 11.8 Å². The van der Waals surface area contributed by atoms with Crippen molar-refractivity contribution in [2.24, 2.45) is 11.8 Å². The zero-order chi connectivity index (χ0) is 32.0. The van der Waals surface area contributed by atoms with E-state index in [9.17, 15) is 19.5 Å². The second-order valence-corrected chi connectivity index (χ2v) is 10.8. The van der Waals surface area contributed by atoms with Crippen LogP contribution in [0.2, 0.25) is 0 Å². The van der Waals surface area contributed by atoms with E-state index in [0.717, 1.165) is 5.56 Å². The number of carbonyl (C=O) groups excluding carboxylic acids is 3. The third-order valence-corrected chi connectivity index (χ3v) is 7.38.